The van der Waals surface area contributed by atoms with Crippen LogP contribution in [0.25, 0.3) is 0 Å². The van der Waals surface area contributed by atoms with E-state index in [4.69, 9.17) is 26.7 Å². The summed E-state index contributed by atoms with van der Waals surface area (Å²) in [5.41, 5.74) is 5.30. The van der Waals surface area contributed by atoms with Gasteiger partial charge in [-0.1, -0.05) is 57.5 Å². The van der Waals surface area contributed by atoms with Crippen LogP contribution < -0.4 is 16.0 Å². The van der Waals surface area contributed by atoms with Crippen molar-refractivity contribution in [1.29, 1.82) is 5.41 Å². The van der Waals surface area contributed by atoms with E-state index in [1.54, 1.807) is 24.5 Å². The van der Waals surface area contributed by atoms with E-state index in [0.29, 0.717) is 28.5 Å². The molecule has 0 bridgehead atoms. The predicted molar refractivity (Wildman–Crippen MR) is 176 cm³/mol. The number of aliphatic imine (C=N–C) groups is 1. The van der Waals surface area contributed by atoms with E-state index in [1.807, 2.05) is 32.2 Å². The normalized spacial score (nSPS) is 19.7. The van der Waals surface area contributed by atoms with Gasteiger partial charge in [0.1, 0.15) is 12.1 Å². The molecule has 5 rings (SSSR count). The Kier molecular flexibility index (Phi) is 11.7. The van der Waals surface area contributed by atoms with E-state index >= 15 is 0 Å². The second kappa shape index (κ2) is 15.6. The number of amidine groups is 1. The molecule has 9 heteroatoms. The van der Waals surface area contributed by atoms with Gasteiger partial charge >= 0.3 is 0 Å². The number of hydrogen-bond donors (Lipinski definition) is 4. The van der Waals surface area contributed by atoms with Crippen molar-refractivity contribution in [2.75, 3.05) is 18.5 Å². The van der Waals surface area contributed by atoms with Crippen LogP contribution in [0.4, 0.5) is 5.69 Å². The fraction of sp³-hybridized carbons (Fsp3) is 0.412. The third kappa shape index (κ3) is 8.65. The third-order valence-electron chi connectivity index (χ3n) is 7.62. The summed E-state index contributed by atoms with van der Waals surface area (Å²) in [6.45, 7) is 9.12. The lowest BCUT2D eigenvalue weighted by molar-refractivity contribution is 0.0343. The molecule has 0 radical (unpaired) electrons. The number of hydrogen-bond acceptors (Lipinski definition) is 7. The molecular weight excluding hydrogens is 560 g/mol. The molecule has 0 spiro atoms. The van der Waals surface area contributed by atoms with E-state index < -0.39 is 0 Å². The van der Waals surface area contributed by atoms with Gasteiger partial charge in [0, 0.05) is 47.4 Å². The molecule has 8 nitrogen and oxygen atoms in total. The highest BCUT2D eigenvalue weighted by Crippen LogP contribution is 2.26. The number of carbonyl (C=O) groups is 1. The minimum Gasteiger partial charge on any atom is -0.360 e. The maximum atomic E-state index is 13.0. The number of carbonyl (C=O) groups excluding carboxylic acids is 1. The largest absolute Gasteiger partial charge is 0.360 e. The molecule has 0 saturated carbocycles. The van der Waals surface area contributed by atoms with Crippen LogP contribution in [0.5, 0.6) is 0 Å². The standard InChI is InChI=1S/C32H37ClN6O2.C2H6/c1-3-20(2)31-36-18-23-13-21(7-9-28(23)39-31)12-22-14-24(17-35-16-22)32(40)37-19-27(34)26-15-25(33)8-10-29(26)38-30-6-4-5-11-41-30;1-2/h7-10,13-18,20,28,30,34,38H,3-6,11-12,19H2,1-2H3,(H,36,39)(H,37,40);1-2H3. The first-order valence-electron chi connectivity index (χ1n) is 15.3. The number of pyridine rings is 1. The summed E-state index contributed by atoms with van der Waals surface area (Å²) in [6.07, 6.45) is 16.4. The fourth-order valence-electron chi connectivity index (χ4n) is 5.07. The number of nitrogens with one attached hydrogen (secondary N) is 4. The van der Waals surface area contributed by atoms with Crippen molar-refractivity contribution in [1.82, 2.24) is 15.6 Å². The number of amides is 1. The Bertz CT molecular complexity index is 1420. The number of fused-ring (bicyclic) bond motifs is 1. The zero-order valence-corrected chi connectivity index (χ0v) is 26.3. The van der Waals surface area contributed by atoms with Gasteiger partial charge in [-0.15, -0.1) is 0 Å². The molecule has 228 valence electrons. The number of allylic oxidation sites excluding steroid dienone is 2. The molecule has 3 unspecified atom stereocenters. The molecule has 3 atom stereocenters. The fourth-order valence-corrected chi connectivity index (χ4v) is 5.24. The minimum atomic E-state index is -0.282. The Morgan fingerprint density at radius 1 is 1.23 bits per heavy atom. The summed E-state index contributed by atoms with van der Waals surface area (Å²) in [5.74, 6) is 1.14. The summed E-state index contributed by atoms with van der Waals surface area (Å²) in [5, 5.41) is 18.8. The highest BCUT2D eigenvalue weighted by molar-refractivity contribution is 6.31. The summed E-state index contributed by atoms with van der Waals surface area (Å²) >= 11 is 6.25. The van der Waals surface area contributed by atoms with Crippen molar-refractivity contribution in [3.8, 4) is 0 Å². The third-order valence-corrected chi connectivity index (χ3v) is 7.86. The molecule has 1 saturated heterocycles. The predicted octanol–water partition coefficient (Wildman–Crippen LogP) is 6.84. The van der Waals surface area contributed by atoms with Crippen molar-refractivity contribution in [2.45, 2.75) is 72.1 Å². The van der Waals surface area contributed by atoms with Crippen molar-refractivity contribution in [3.63, 3.8) is 0 Å². The Hall–Kier alpha value is -3.75. The van der Waals surface area contributed by atoms with Gasteiger partial charge in [0.25, 0.3) is 5.91 Å². The lowest BCUT2D eigenvalue weighted by Crippen LogP contribution is -2.32. The summed E-state index contributed by atoms with van der Waals surface area (Å²) in [6, 6.07) is 7.28. The van der Waals surface area contributed by atoms with Crippen molar-refractivity contribution in [2.24, 2.45) is 10.9 Å². The summed E-state index contributed by atoms with van der Waals surface area (Å²) < 4.78 is 5.80. The van der Waals surface area contributed by atoms with E-state index in [-0.39, 0.29) is 30.4 Å². The quantitative estimate of drug-likeness (QED) is 0.223. The Balaban J connectivity index is 0.00000207. The smallest absolute Gasteiger partial charge is 0.253 e. The maximum absolute atomic E-state index is 13.0. The number of nitrogens with zero attached hydrogens (tertiary/aromatic N) is 2. The van der Waals surface area contributed by atoms with Crippen LogP contribution in [0.2, 0.25) is 5.02 Å². The van der Waals surface area contributed by atoms with Gasteiger partial charge in [0.2, 0.25) is 0 Å². The van der Waals surface area contributed by atoms with Gasteiger partial charge in [-0.05, 0) is 73.1 Å². The van der Waals surface area contributed by atoms with Crippen LogP contribution in [-0.4, -0.2) is 47.9 Å². The SMILES string of the molecule is CC.CCC(C)C1=NC2C=CC(Cc3cncc(C(=O)NCC(=N)c4cc(Cl)ccc4NC4CCCCO4)c3)=CC2=CN1. The molecular formula is C34H43ClN6O2. The number of rotatable bonds is 10. The molecule has 1 fully saturated rings. The molecule has 3 aliphatic rings. The topological polar surface area (TPSA) is 111 Å². The zero-order valence-electron chi connectivity index (χ0n) is 25.5. The summed E-state index contributed by atoms with van der Waals surface area (Å²) in [7, 11) is 0. The van der Waals surface area contributed by atoms with Crippen LogP contribution in [-0.2, 0) is 11.2 Å². The molecule has 3 heterocycles. The van der Waals surface area contributed by atoms with Gasteiger partial charge in [0.05, 0.1) is 23.9 Å². The van der Waals surface area contributed by atoms with E-state index in [2.05, 4.69) is 53.0 Å². The van der Waals surface area contributed by atoms with Gasteiger partial charge in [-0.25, -0.2) is 0 Å². The van der Waals surface area contributed by atoms with Crippen molar-refractivity contribution >= 4 is 34.7 Å². The molecule has 1 aromatic carbocycles. The molecule has 1 aromatic heterocycles. The summed E-state index contributed by atoms with van der Waals surface area (Å²) in [4.78, 5) is 22.2. The molecule has 1 amide bonds. The molecule has 2 aromatic rings. The van der Waals surface area contributed by atoms with Crippen LogP contribution >= 0.6 is 11.6 Å². The second-order valence-electron chi connectivity index (χ2n) is 10.7. The Morgan fingerprint density at radius 2 is 2.07 bits per heavy atom. The molecule has 1 aliphatic carbocycles. The lowest BCUT2D eigenvalue weighted by Gasteiger charge is -2.26. The van der Waals surface area contributed by atoms with Crippen molar-refractivity contribution in [3.05, 3.63) is 93.9 Å². The van der Waals surface area contributed by atoms with E-state index in [0.717, 1.165) is 60.5 Å². The Labute approximate surface area is 260 Å². The van der Waals surface area contributed by atoms with Crippen LogP contribution in [0.1, 0.15) is 74.9 Å². The zero-order chi connectivity index (χ0) is 30.8. The average molecular weight is 603 g/mol. The van der Waals surface area contributed by atoms with Crippen LogP contribution in [0, 0.1) is 11.3 Å². The first-order chi connectivity index (χ1) is 20.9. The highest BCUT2D eigenvalue weighted by atomic mass is 35.5. The average Bonchev–Trinajstić information content (AvgIpc) is 3.05. The number of benzene rings is 1. The van der Waals surface area contributed by atoms with Crippen LogP contribution in [0.3, 0.4) is 0 Å². The number of ether oxygens (including phenoxy) is 1. The number of anilines is 1. The molecule has 4 N–H and O–H groups in total. The van der Waals surface area contributed by atoms with E-state index in [9.17, 15) is 4.79 Å². The second-order valence-corrected chi connectivity index (χ2v) is 11.2. The van der Waals surface area contributed by atoms with Gasteiger partial charge in [0.15, 0.2) is 0 Å². The number of halogens is 1. The monoisotopic (exact) mass is 602 g/mol. The maximum Gasteiger partial charge on any atom is 0.253 e. The van der Waals surface area contributed by atoms with Crippen LogP contribution in [0.15, 0.2) is 77.2 Å². The van der Waals surface area contributed by atoms with Gasteiger partial charge in [-0.3, -0.25) is 14.8 Å². The number of aromatic nitrogens is 1. The first kappa shape index (κ1) is 32.2. The molecule has 2 aliphatic heterocycles. The van der Waals surface area contributed by atoms with Gasteiger partial charge < -0.3 is 26.1 Å². The Morgan fingerprint density at radius 3 is 2.84 bits per heavy atom. The lowest BCUT2D eigenvalue weighted by atomic mass is 9.93. The minimum absolute atomic E-state index is 0.0416. The van der Waals surface area contributed by atoms with Gasteiger partial charge in [-0.2, -0.15) is 0 Å². The van der Waals surface area contributed by atoms with E-state index in [1.165, 1.54) is 0 Å². The first-order valence-corrected chi connectivity index (χ1v) is 15.7. The molecule has 43 heavy (non-hydrogen) atoms. The highest BCUT2D eigenvalue weighted by Gasteiger charge is 2.21. The van der Waals surface area contributed by atoms with Crippen molar-refractivity contribution < 1.29 is 9.53 Å².